The molecule has 4 nitrogen and oxygen atoms in total. The summed E-state index contributed by atoms with van der Waals surface area (Å²) in [5, 5.41) is 13.2. The number of amides is 1. The molecule has 0 saturated carbocycles. The van der Waals surface area contributed by atoms with Crippen LogP contribution in [0.5, 0.6) is 0 Å². The van der Waals surface area contributed by atoms with Gasteiger partial charge in [-0.25, -0.2) is 4.39 Å². The number of hydrogen-bond donors (Lipinski definition) is 3. The number of aliphatic hydroxyl groups is 1. The monoisotopic (exact) mass is 294 g/mol. The normalized spacial score (nSPS) is 13.1. The van der Waals surface area contributed by atoms with Crippen molar-refractivity contribution in [1.82, 2.24) is 10.6 Å². The van der Waals surface area contributed by atoms with Gasteiger partial charge in [-0.3, -0.25) is 4.79 Å². The zero-order valence-electron chi connectivity index (χ0n) is 10.4. The van der Waals surface area contributed by atoms with Crippen LogP contribution in [-0.2, 0) is 11.3 Å². The molecule has 0 bridgehead atoms. The molecule has 0 aliphatic carbocycles. The first-order valence-electron chi connectivity index (χ1n) is 5.76. The van der Waals surface area contributed by atoms with Crippen molar-refractivity contribution in [2.75, 3.05) is 13.1 Å². The highest BCUT2D eigenvalue weighted by Crippen LogP contribution is 2.19. The van der Waals surface area contributed by atoms with Crippen molar-refractivity contribution >= 4 is 5.91 Å². The molecule has 1 rings (SSSR count). The molecule has 8 heteroatoms. The Balaban J connectivity index is 2.26. The van der Waals surface area contributed by atoms with Gasteiger partial charge in [-0.2, -0.15) is 13.2 Å². The van der Waals surface area contributed by atoms with E-state index >= 15 is 0 Å². The first-order valence-corrected chi connectivity index (χ1v) is 5.76. The van der Waals surface area contributed by atoms with Gasteiger partial charge in [0.05, 0.1) is 13.1 Å². The van der Waals surface area contributed by atoms with Gasteiger partial charge in [0.1, 0.15) is 5.82 Å². The minimum Gasteiger partial charge on any atom is -0.382 e. The molecule has 1 unspecified atom stereocenters. The maximum Gasteiger partial charge on any atom is 0.416 e. The smallest absolute Gasteiger partial charge is 0.382 e. The van der Waals surface area contributed by atoms with Crippen LogP contribution < -0.4 is 10.6 Å². The fourth-order valence-corrected chi connectivity index (χ4v) is 1.34. The number of rotatable bonds is 6. The fraction of sp³-hybridized carbons (Fsp3) is 0.417. The highest BCUT2D eigenvalue weighted by atomic mass is 19.4. The van der Waals surface area contributed by atoms with Gasteiger partial charge >= 0.3 is 6.18 Å². The van der Waals surface area contributed by atoms with Gasteiger partial charge in [0.25, 0.3) is 0 Å². The fourth-order valence-electron chi connectivity index (χ4n) is 1.34. The lowest BCUT2D eigenvalue weighted by Crippen LogP contribution is -2.43. The largest absolute Gasteiger partial charge is 0.416 e. The van der Waals surface area contributed by atoms with Gasteiger partial charge < -0.3 is 15.7 Å². The number of benzene rings is 1. The van der Waals surface area contributed by atoms with Crippen molar-refractivity contribution in [2.24, 2.45) is 0 Å². The second-order valence-electron chi connectivity index (χ2n) is 4.06. The molecule has 1 aromatic carbocycles. The topological polar surface area (TPSA) is 61.4 Å². The van der Waals surface area contributed by atoms with E-state index in [1.54, 1.807) is 6.07 Å². The summed E-state index contributed by atoms with van der Waals surface area (Å²) >= 11 is 0. The van der Waals surface area contributed by atoms with Crippen molar-refractivity contribution in [2.45, 2.75) is 18.8 Å². The molecule has 0 aromatic heterocycles. The van der Waals surface area contributed by atoms with Gasteiger partial charge in [0.2, 0.25) is 5.91 Å². The molecular weight excluding hydrogens is 280 g/mol. The van der Waals surface area contributed by atoms with E-state index < -0.39 is 30.5 Å². The zero-order chi connectivity index (χ0) is 15.2. The Morgan fingerprint density at radius 3 is 2.55 bits per heavy atom. The van der Waals surface area contributed by atoms with Crippen LogP contribution >= 0.6 is 0 Å². The van der Waals surface area contributed by atoms with E-state index in [4.69, 9.17) is 5.11 Å². The van der Waals surface area contributed by atoms with Crippen LogP contribution in [0.2, 0.25) is 0 Å². The Morgan fingerprint density at radius 2 is 1.95 bits per heavy atom. The quantitative estimate of drug-likeness (QED) is 0.685. The Bertz CT molecular complexity index is 451. The molecular formula is C12H14F4N2O2. The number of carbonyl (C=O) groups excluding carboxylic acids is 1. The first-order chi connectivity index (χ1) is 9.30. The molecule has 1 aromatic rings. The van der Waals surface area contributed by atoms with Crippen LogP contribution in [0.3, 0.4) is 0 Å². The van der Waals surface area contributed by atoms with E-state index in [9.17, 15) is 22.4 Å². The van der Waals surface area contributed by atoms with Crippen LogP contribution in [-0.4, -0.2) is 36.4 Å². The second-order valence-corrected chi connectivity index (χ2v) is 4.06. The lowest BCUT2D eigenvalue weighted by molar-refractivity contribution is -0.201. The van der Waals surface area contributed by atoms with E-state index in [0.717, 1.165) is 0 Å². The Labute approximate surface area is 112 Å². The number of nitrogens with one attached hydrogen (secondary N) is 2. The molecule has 20 heavy (non-hydrogen) atoms. The molecule has 0 radical (unpaired) electrons. The lowest BCUT2D eigenvalue weighted by Gasteiger charge is -2.15. The summed E-state index contributed by atoms with van der Waals surface area (Å²) < 4.78 is 49.1. The number of halogens is 4. The van der Waals surface area contributed by atoms with Crippen LogP contribution in [0, 0.1) is 5.82 Å². The molecule has 0 fully saturated rings. The molecule has 112 valence electrons. The van der Waals surface area contributed by atoms with Crippen LogP contribution in [0.15, 0.2) is 24.3 Å². The van der Waals surface area contributed by atoms with Crippen molar-refractivity contribution in [1.29, 1.82) is 0 Å². The van der Waals surface area contributed by atoms with Crippen molar-refractivity contribution < 1.29 is 27.5 Å². The molecule has 1 amide bonds. The maximum absolute atomic E-state index is 13.2. The molecule has 0 aliphatic rings. The van der Waals surface area contributed by atoms with Crippen LogP contribution in [0.25, 0.3) is 0 Å². The van der Waals surface area contributed by atoms with E-state index in [1.807, 2.05) is 5.32 Å². The van der Waals surface area contributed by atoms with E-state index in [2.05, 4.69) is 5.32 Å². The SMILES string of the molecule is O=C(CNCc1ccccc1F)NCC(O)C(F)(F)F. The highest BCUT2D eigenvalue weighted by Gasteiger charge is 2.38. The molecule has 0 aliphatic heterocycles. The molecule has 0 heterocycles. The summed E-state index contributed by atoms with van der Waals surface area (Å²) in [7, 11) is 0. The average Bonchev–Trinajstić information content (AvgIpc) is 2.37. The van der Waals surface area contributed by atoms with E-state index in [-0.39, 0.29) is 13.1 Å². The van der Waals surface area contributed by atoms with Crippen LogP contribution in [0.1, 0.15) is 5.56 Å². The maximum atomic E-state index is 13.2. The van der Waals surface area contributed by atoms with Gasteiger partial charge in [-0.05, 0) is 6.07 Å². The third kappa shape index (κ3) is 5.54. The summed E-state index contributed by atoms with van der Waals surface area (Å²) in [6.07, 6.45) is -7.37. The lowest BCUT2D eigenvalue weighted by atomic mass is 10.2. The summed E-state index contributed by atoms with van der Waals surface area (Å²) in [6.45, 7) is -1.12. The molecule has 3 N–H and O–H groups in total. The number of alkyl halides is 3. The summed E-state index contributed by atoms with van der Waals surface area (Å²) in [5.41, 5.74) is 0.343. The van der Waals surface area contributed by atoms with Crippen molar-refractivity contribution in [3.63, 3.8) is 0 Å². The predicted octanol–water partition coefficient (Wildman–Crippen LogP) is 0.955. The summed E-state index contributed by atoms with van der Waals surface area (Å²) in [5.74, 6) is -1.16. The molecule has 0 saturated heterocycles. The van der Waals surface area contributed by atoms with E-state index in [0.29, 0.717) is 5.56 Å². The van der Waals surface area contributed by atoms with Crippen molar-refractivity contribution in [3.05, 3.63) is 35.6 Å². The third-order valence-corrected chi connectivity index (χ3v) is 2.43. The Morgan fingerprint density at radius 1 is 1.30 bits per heavy atom. The van der Waals surface area contributed by atoms with Gasteiger partial charge in [-0.1, -0.05) is 18.2 Å². The zero-order valence-corrected chi connectivity index (χ0v) is 10.4. The van der Waals surface area contributed by atoms with Crippen LogP contribution in [0.4, 0.5) is 17.6 Å². The minimum absolute atomic E-state index is 0.0713. The minimum atomic E-state index is -4.77. The summed E-state index contributed by atoms with van der Waals surface area (Å²) in [4.78, 5) is 11.2. The Kier molecular flexibility index (Phi) is 5.90. The van der Waals surface area contributed by atoms with Crippen molar-refractivity contribution in [3.8, 4) is 0 Å². The average molecular weight is 294 g/mol. The molecule has 1 atom stereocenters. The summed E-state index contributed by atoms with van der Waals surface area (Å²) in [6, 6.07) is 5.92. The Hall–Kier alpha value is -1.67. The number of carbonyl (C=O) groups is 1. The standard InChI is InChI=1S/C12H14F4N2O2/c13-9-4-2-1-3-8(9)5-17-7-11(20)18-6-10(19)12(14,15)16/h1-4,10,17,19H,5-7H2,(H,18,20). The van der Waals surface area contributed by atoms with Gasteiger partial charge in [-0.15, -0.1) is 0 Å². The predicted molar refractivity (Wildman–Crippen MR) is 63.2 cm³/mol. The second kappa shape index (κ2) is 7.20. The number of hydrogen-bond acceptors (Lipinski definition) is 3. The van der Waals surface area contributed by atoms with Gasteiger partial charge in [0, 0.05) is 12.1 Å². The molecule has 0 spiro atoms. The van der Waals surface area contributed by atoms with Gasteiger partial charge in [0.15, 0.2) is 6.10 Å². The number of aliphatic hydroxyl groups excluding tert-OH is 1. The van der Waals surface area contributed by atoms with E-state index in [1.165, 1.54) is 18.2 Å². The first kappa shape index (κ1) is 16.4. The third-order valence-electron chi connectivity index (χ3n) is 2.43. The highest BCUT2D eigenvalue weighted by molar-refractivity contribution is 5.77.